The number of ether oxygens (including phenoxy) is 1. The second-order valence-corrected chi connectivity index (χ2v) is 6.73. The molecule has 136 valence electrons. The second kappa shape index (κ2) is 7.99. The normalized spacial score (nSPS) is 19.1. The largest absolute Gasteiger partial charge is 0.370 e. The number of benzene rings is 1. The average molecular weight is 370 g/mol. The summed E-state index contributed by atoms with van der Waals surface area (Å²) < 4.78 is 5.31. The van der Waals surface area contributed by atoms with E-state index in [-0.39, 0.29) is 11.6 Å². The molecule has 1 aromatic rings. The molecule has 2 heterocycles. The van der Waals surface area contributed by atoms with E-state index in [1.165, 1.54) is 11.0 Å². The first-order chi connectivity index (χ1) is 12.0. The molecular weight excluding hydrogens is 348 g/mol. The Balaban J connectivity index is 1.58. The Morgan fingerprint density at radius 1 is 1.24 bits per heavy atom. The predicted octanol–water partition coefficient (Wildman–Crippen LogP) is -0.188. The zero-order valence-electron chi connectivity index (χ0n) is 13.9. The van der Waals surface area contributed by atoms with Crippen molar-refractivity contribution in [1.82, 2.24) is 4.90 Å². The monoisotopic (exact) mass is 369 g/mol. The zero-order valence-corrected chi connectivity index (χ0v) is 14.7. The summed E-state index contributed by atoms with van der Waals surface area (Å²) in [6.07, 6.45) is 0. The van der Waals surface area contributed by atoms with Gasteiger partial charge in [-0.15, -0.1) is 0 Å². The van der Waals surface area contributed by atoms with Gasteiger partial charge < -0.3 is 19.4 Å². The molecule has 1 aromatic carbocycles. The number of halogens is 1. The molecule has 1 amide bonds. The molecule has 0 aromatic heterocycles. The van der Waals surface area contributed by atoms with Crippen molar-refractivity contribution in [1.29, 1.82) is 0 Å². The standard InChI is InChI=1S/C16H21ClN4O4/c17-13-1-2-14(15(11-13)21(23)24)19-3-5-20(6-4-19)16(22)12-18-7-9-25-10-8-18/h1-2,11H,3-10,12H2/p+1. The van der Waals surface area contributed by atoms with Crippen LogP contribution in [0.3, 0.4) is 0 Å². The number of hydrogen-bond acceptors (Lipinski definition) is 5. The van der Waals surface area contributed by atoms with Gasteiger partial charge in [-0.2, -0.15) is 0 Å². The highest BCUT2D eigenvalue weighted by Gasteiger charge is 2.28. The van der Waals surface area contributed by atoms with Crippen LogP contribution in [0, 0.1) is 10.1 Å². The lowest BCUT2D eigenvalue weighted by molar-refractivity contribution is -0.900. The fourth-order valence-corrected chi connectivity index (χ4v) is 3.44. The van der Waals surface area contributed by atoms with Gasteiger partial charge in [-0.1, -0.05) is 11.6 Å². The summed E-state index contributed by atoms with van der Waals surface area (Å²) in [5.41, 5.74) is 0.561. The number of piperazine rings is 1. The third-order valence-electron chi connectivity index (χ3n) is 4.71. The number of carbonyl (C=O) groups is 1. The van der Waals surface area contributed by atoms with Crippen LogP contribution >= 0.6 is 11.6 Å². The van der Waals surface area contributed by atoms with Crippen LogP contribution in [-0.2, 0) is 9.53 Å². The van der Waals surface area contributed by atoms with Crippen LogP contribution in [-0.4, -0.2) is 74.8 Å². The summed E-state index contributed by atoms with van der Waals surface area (Å²) in [6, 6.07) is 4.70. The molecule has 8 nitrogen and oxygen atoms in total. The van der Waals surface area contributed by atoms with E-state index in [4.69, 9.17) is 16.3 Å². The highest BCUT2D eigenvalue weighted by molar-refractivity contribution is 6.30. The Bertz CT molecular complexity index is 643. The number of morpholine rings is 1. The first-order valence-corrected chi connectivity index (χ1v) is 8.80. The second-order valence-electron chi connectivity index (χ2n) is 6.30. The minimum atomic E-state index is -0.416. The maximum Gasteiger partial charge on any atom is 0.294 e. The summed E-state index contributed by atoms with van der Waals surface area (Å²) >= 11 is 5.87. The van der Waals surface area contributed by atoms with Crippen LogP contribution in [0.5, 0.6) is 0 Å². The molecule has 0 radical (unpaired) electrons. The Labute approximate surface area is 151 Å². The minimum absolute atomic E-state index is 0.00466. The molecule has 2 aliphatic heterocycles. The van der Waals surface area contributed by atoms with Crippen molar-refractivity contribution >= 4 is 28.9 Å². The van der Waals surface area contributed by atoms with E-state index in [2.05, 4.69) is 0 Å². The van der Waals surface area contributed by atoms with Gasteiger partial charge in [0.25, 0.3) is 11.6 Å². The lowest BCUT2D eigenvalue weighted by Crippen LogP contribution is -3.15. The van der Waals surface area contributed by atoms with Crippen molar-refractivity contribution in [2.45, 2.75) is 0 Å². The quantitative estimate of drug-likeness (QED) is 0.588. The number of rotatable bonds is 4. The summed E-state index contributed by atoms with van der Waals surface area (Å²) in [5, 5.41) is 11.6. The predicted molar refractivity (Wildman–Crippen MR) is 93.3 cm³/mol. The fraction of sp³-hybridized carbons (Fsp3) is 0.562. The molecule has 1 N–H and O–H groups in total. The number of nitro groups is 1. The Morgan fingerprint density at radius 2 is 1.92 bits per heavy atom. The van der Waals surface area contributed by atoms with Gasteiger partial charge in [-0.05, 0) is 12.1 Å². The number of nitrogens with zero attached hydrogens (tertiary/aromatic N) is 3. The summed E-state index contributed by atoms with van der Waals surface area (Å²) in [5.74, 6) is 0.141. The molecule has 0 aliphatic carbocycles. The van der Waals surface area contributed by atoms with Crippen molar-refractivity contribution in [3.8, 4) is 0 Å². The molecule has 0 unspecified atom stereocenters. The Morgan fingerprint density at radius 3 is 2.56 bits per heavy atom. The molecule has 25 heavy (non-hydrogen) atoms. The van der Waals surface area contributed by atoms with E-state index in [9.17, 15) is 14.9 Å². The summed E-state index contributed by atoms with van der Waals surface area (Å²) in [6.45, 7) is 5.92. The molecule has 0 bridgehead atoms. The molecule has 0 atom stereocenters. The maximum absolute atomic E-state index is 12.4. The van der Waals surface area contributed by atoms with Crippen molar-refractivity contribution in [2.24, 2.45) is 0 Å². The van der Waals surface area contributed by atoms with Crippen LogP contribution in [0.25, 0.3) is 0 Å². The van der Waals surface area contributed by atoms with Gasteiger partial charge in [-0.3, -0.25) is 14.9 Å². The van der Waals surface area contributed by atoms with Gasteiger partial charge in [0, 0.05) is 37.3 Å². The third kappa shape index (κ3) is 4.39. The fourth-order valence-electron chi connectivity index (χ4n) is 3.27. The van der Waals surface area contributed by atoms with Gasteiger partial charge >= 0.3 is 0 Å². The van der Waals surface area contributed by atoms with E-state index in [0.29, 0.717) is 56.6 Å². The van der Waals surface area contributed by atoms with E-state index >= 15 is 0 Å². The van der Waals surface area contributed by atoms with E-state index in [1.54, 1.807) is 12.1 Å². The number of anilines is 1. The van der Waals surface area contributed by atoms with Gasteiger partial charge in [0.2, 0.25) is 0 Å². The molecule has 0 saturated carbocycles. The van der Waals surface area contributed by atoms with Gasteiger partial charge in [0.05, 0.1) is 18.1 Å². The molecule has 2 aliphatic rings. The highest BCUT2D eigenvalue weighted by Crippen LogP contribution is 2.31. The average Bonchev–Trinajstić information content (AvgIpc) is 2.62. The molecular formula is C16H22ClN4O4+. The smallest absolute Gasteiger partial charge is 0.294 e. The molecule has 3 rings (SSSR count). The summed E-state index contributed by atoms with van der Waals surface area (Å²) in [4.78, 5) is 28.3. The van der Waals surface area contributed by atoms with Crippen molar-refractivity contribution in [2.75, 3.05) is 63.9 Å². The molecule has 9 heteroatoms. The van der Waals surface area contributed by atoms with E-state index in [1.807, 2.05) is 9.80 Å². The Hall–Kier alpha value is -1.90. The number of hydrogen-bond donors (Lipinski definition) is 1. The SMILES string of the molecule is O=C(C[NH+]1CCOCC1)N1CCN(c2ccc(Cl)cc2[N+](=O)[O-])CC1. The third-order valence-corrected chi connectivity index (χ3v) is 4.94. The number of quaternary nitrogens is 1. The number of nitro benzene ring substituents is 1. The number of carbonyl (C=O) groups excluding carboxylic acids is 1. The minimum Gasteiger partial charge on any atom is -0.370 e. The van der Waals surface area contributed by atoms with E-state index in [0.717, 1.165) is 13.1 Å². The molecule has 2 saturated heterocycles. The van der Waals surface area contributed by atoms with Gasteiger partial charge in [0.1, 0.15) is 18.8 Å². The summed E-state index contributed by atoms with van der Waals surface area (Å²) in [7, 11) is 0. The maximum atomic E-state index is 12.4. The number of amides is 1. The highest BCUT2D eigenvalue weighted by atomic mass is 35.5. The van der Waals surface area contributed by atoms with Gasteiger partial charge in [-0.25, -0.2) is 0 Å². The van der Waals surface area contributed by atoms with Crippen molar-refractivity contribution < 1.29 is 19.4 Å². The topological polar surface area (TPSA) is 80.4 Å². The molecule has 2 fully saturated rings. The van der Waals surface area contributed by atoms with Crippen molar-refractivity contribution in [3.05, 3.63) is 33.3 Å². The lowest BCUT2D eigenvalue weighted by atomic mass is 10.2. The van der Waals surface area contributed by atoms with Crippen LogP contribution in [0.15, 0.2) is 18.2 Å². The Kier molecular flexibility index (Phi) is 5.72. The van der Waals surface area contributed by atoms with Crippen LogP contribution in [0.1, 0.15) is 0 Å². The van der Waals surface area contributed by atoms with Crippen LogP contribution in [0.4, 0.5) is 11.4 Å². The van der Waals surface area contributed by atoms with Crippen LogP contribution in [0.2, 0.25) is 5.02 Å². The van der Waals surface area contributed by atoms with Crippen molar-refractivity contribution in [3.63, 3.8) is 0 Å². The first kappa shape index (κ1) is 17.9. The van der Waals surface area contributed by atoms with Crippen LogP contribution < -0.4 is 9.80 Å². The lowest BCUT2D eigenvalue weighted by Gasteiger charge is -2.36. The number of nitrogens with one attached hydrogen (secondary N) is 1. The molecule has 0 spiro atoms. The van der Waals surface area contributed by atoms with E-state index < -0.39 is 4.92 Å². The van der Waals surface area contributed by atoms with Gasteiger partial charge in [0.15, 0.2) is 6.54 Å². The zero-order chi connectivity index (χ0) is 17.8. The first-order valence-electron chi connectivity index (χ1n) is 8.42.